The molecule has 1 rings (SSSR count). The van der Waals surface area contributed by atoms with Gasteiger partial charge in [0.15, 0.2) is 0 Å². The quantitative estimate of drug-likeness (QED) is 0.691. The summed E-state index contributed by atoms with van der Waals surface area (Å²) in [5.41, 5.74) is 0. The van der Waals surface area contributed by atoms with Crippen LogP contribution in [0.3, 0.4) is 0 Å². The van der Waals surface area contributed by atoms with Gasteiger partial charge >= 0.3 is 0 Å². The molecule has 0 aliphatic heterocycles. The fourth-order valence-corrected chi connectivity index (χ4v) is 2.63. The highest BCUT2D eigenvalue weighted by Crippen LogP contribution is 2.25. The Kier molecular flexibility index (Phi) is 3.46. The maximum absolute atomic E-state index is 11.4. The van der Waals surface area contributed by atoms with Gasteiger partial charge in [-0.2, -0.15) is 8.42 Å². The van der Waals surface area contributed by atoms with Crippen molar-refractivity contribution in [2.45, 2.75) is 32.1 Å². The lowest BCUT2D eigenvalue weighted by atomic mass is 9.91. The van der Waals surface area contributed by atoms with Crippen LogP contribution in [-0.4, -0.2) is 14.2 Å². The second kappa shape index (κ2) is 4.18. The van der Waals surface area contributed by atoms with Crippen molar-refractivity contribution in [1.82, 2.24) is 0 Å². The molecule has 0 aromatic carbocycles. The molecule has 0 N–H and O–H groups in total. The van der Waals surface area contributed by atoms with E-state index in [4.69, 9.17) is 0 Å². The van der Waals surface area contributed by atoms with E-state index >= 15 is 0 Å². The highest BCUT2D eigenvalue weighted by atomic mass is 32.2. The maximum Gasteiger partial charge on any atom is 0.298 e. The standard InChI is InChI=1S/C7H13FO3S/c8-11-12(9,10)6-7-4-2-1-3-5-7/h7H,1-6H2. The van der Waals surface area contributed by atoms with Gasteiger partial charge in [-0.1, -0.05) is 23.7 Å². The smallest absolute Gasteiger partial charge is 0.197 e. The van der Waals surface area contributed by atoms with E-state index in [-0.39, 0.29) is 11.7 Å². The Morgan fingerprint density at radius 2 is 1.83 bits per heavy atom. The van der Waals surface area contributed by atoms with Crippen LogP contribution in [0, 0.1) is 5.92 Å². The van der Waals surface area contributed by atoms with Gasteiger partial charge in [0.2, 0.25) is 0 Å². The van der Waals surface area contributed by atoms with Gasteiger partial charge < -0.3 is 0 Å². The molecule has 1 aliphatic rings. The average molecular weight is 196 g/mol. The van der Waals surface area contributed by atoms with Gasteiger partial charge in [-0.05, 0) is 23.3 Å². The molecule has 72 valence electrons. The maximum atomic E-state index is 11.4. The second-order valence-corrected chi connectivity index (χ2v) is 4.87. The Morgan fingerprint density at radius 3 is 2.33 bits per heavy atom. The lowest BCUT2D eigenvalue weighted by molar-refractivity contribution is 0.00209. The van der Waals surface area contributed by atoms with E-state index in [0.29, 0.717) is 0 Å². The molecule has 1 saturated carbocycles. The van der Waals surface area contributed by atoms with Gasteiger partial charge in [-0.25, -0.2) is 0 Å². The first-order valence-corrected chi connectivity index (χ1v) is 5.75. The van der Waals surface area contributed by atoms with Gasteiger partial charge in [0.1, 0.15) is 0 Å². The molecule has 3 nitrogen and oxygen atoms in total. The molecular weight excluding hydrogens is 183 g/mol. The SMILES string of the molecule is O=S(=O)(CC1CCCCC1)OF. The third kappa shape index (κ3) is 3.06. The minimum Gasteiger partial charge on any atom is -0.197 e. The summed E-state index contributed by atoms with van der Waals surface area (Å²) in [5, 5.41) is 0. The monoisotopic (exact) mass is 196 g/mol. The van der Waals surface area contributed by atoms with Gasteiger partial charge in [0, 0.05) is 0 Å². The van der Waals surface area contributed by atoms with E-state index in [1.807, 2.05) is 0 Å². The highest BCUT2D eigenvalue weighted by Gasteiger charge is 2.22. The van der Waals surface area contributed by atoms with Crippen LogP contribution in [0.25, 0.3) is 0 Å². The largest absolute Gasteiger partial charge is 0.298 e. The molecule has 0 amide bonds. The molecule has 0 aromatic heterocycles. The Labute approximate surface area is 71.9 Å². The van der Waals surface area contributed by atoms with E-state index < -0.39 is 10.1 Å². The lowest BCUT2D eigenvalue weighted by Gasteiger charge is -2.19. The zero-order valence-electron chi connectivity index (χ0n) is 6.83. The first-order valence-electron chi connectivity index (χ1n) is 4.17. The van der Waals surface area contributed by atoms with Crippen LogP contribution in [0.2, 0.25) is 0 Å². The highest BCUT2D eigenvalue weighted by molar-refractivity contribution is 7.86. The predicted molar refractivity (Wildman–Crippen MR) is 42.6 cm³/mol. The normalized spacial score (nSPS) is 21.1. The summed E-state index contributed by atoms with van der Waals surface area (Å²) in [6, 6.07) is 0. The van der Waals surface area contributed by atoms with Crippen LogP contribution in [0.15, 0.2) is 0 Å². The van der Waals surface area contributed by atoms with E-state index in [0.717, 1.165) is 32.1 Å². The van der Waals surface area contributed by atoms with E-state index in [1.165, 1.54) is 0 Å². The first-order chi connectivity index (χ1) is 5.64. The second-order valence-electron chi connectivity index (χ2n) is 3.29. The number of hydrogen-bond acceptors (Lipinski definition) is 3. The van der Waals surface area contributed by atoms with Crippen LogP contribution in [-0.2, 0) is 14.5 Å². The molecule has 0 unspecified atom stereocenters. The number of hydrogen-bond donors (Lipinski definition) is 0. The molecule has 5 heteroatoms. The van der Waals surface area contributed by atoms with Crippen molar-refractivity contribution in [2.75, 3.05) is 5.75 Å². The molecule has 0 heterocycles. The van der Waals surface area contributed by atoms with Gasteiger partial charge in [-0.15, -0.1) is 0 Å². The number of rotatable bonds is 3. The minimum absolute atomic E-state index is 0.0968. The van der Waals surface area contributed by atoms with Gasteiger partial charge in [0.05, 0.1) is 5.75 Å². The first kappa shape index (κ1) is 9.92. The van der Waals surface area contributed by atoms with Crippen LogP contribution in [0.4, 0.5) is 4.53 Å². The zero-order chi connectivity index (χ0) is 9.03. The molecule has 0 bridgehead atoms. The lowest BCUT2D eigenvalue weighted by Crippen LogP contribution is -2.18. The van der Waals surface area contributed by atoms with Crippen molar-refractivity contribution < 1.29 is 17.3 Å². The summed E-state index contributed by atoms with van der Waals surface area (Å²) in [5.74, 6) is -0.0664. The fraction of sp³-hybridized carbons (Fsp3) is 1.00. The molecular formula is C7H13FO3S. The average Bonchev–Trinajstić information content (AvgIpc) is 2.06. The summed E-state index contributed by atoms with van der Waals surface area (Å²) >= 11 is 0. The molecule has 12 heavy (non-hydrogen) atoms. The third-order valence-electron chi connectivity index (χ3n) is 2.26. The van der Waals surface area contributed by atoms with E-state index in [2.05, 4.69) is 4.39 Å². The summed E-state index contributed by atoms with van der Waals surface area (Å²) in [7, 11) is -3.89. The Bertz CT molecular complexity index is 219. The fourth-order valence-electron chi connectivity index (χ4n) is 1.67. The topological polar surface area (TPSA) is 43.4 Å². The van der Waals surface area contributed by atoms with Crippen LogP contribution < -0.4 is 0 Å². The van der Waals surface area contributed by atoms with Crippen molar-refractivity contribution in [3.05, 3.63) is 0 Å². The summed E-state index contributed by atoms with van der Waals surface area (Å²) in [6.45, 7) is 0. The van der Waals surface area contributed by atoms with Gasteiger partial charge in [-0.3, -0.25) is 0 Å². The summed E-state index contributed by atoms with van der Waals surface area (Å²) in [6.07, 6.45) is 5.01. The Hall–Kier alpha value is -0.160. The minimum atomic E-state index is -3.89. The molecule has 1 fully saturated rings. The Morgan fingerprint density at radius 1 is 1.25 bits per heavy atom. The molecule has 0 radical (unpaired) electrons. The summed E-state index contributed by atoms with van der Waals surface area (Å²) < 4.78 is 35.7. The van der Waals surface area contributed by atoms with E-state index in [9.17, 15) is 12.9 Å². The predicted octanol–water partition coefficient (Wildman–Crippen LogP) is 1.80. The van der Waals surface area contributed by atoms with Crippen LogP contribution in [0.1, 0.15) is 32.1 Å². The third-order valence-corrected chi connectivity index (χ3v) is 3.33. The molecule has 0 aromatic rings. The van der Waals surface area contributed by atoms with Crippen LogP contribution >= 0.6 is 0 Å². The van der Waals surface area contributed by atoms with E-state index in [1.54, 1.807) is 0 Å². The van der Waals surface area contributed by atoms with Crippen molar-refractivity contribution >= 4 is 10.1 Å². The molecule has 1 aliphatic carbocycles. The summed E-state index contributed by atoms with van der Waals surface area (Å²) in [4.78, 5) is 0. The van der Waals surface area contributed by atoms with Gasteiger partial charge in [0.25, 0.3) is 10.1 Å². The number of halogens is 1. The van der Waals surface area contributed by atoms with Crippen LogP contribution in [0.5, 0.6) is 0 Å². The van der Waals surface area contributed by atoms with Crippen molar-refractivity contribution in [3.8, 4) is 0 Å². The van der Waals surface area contributed by atoms with Crippen molar-refractivity contribution in [2.24, 2.45) is 5.92 Å². The zero-order valence-corrected chi connectivity index (χ0v) is 7.65. The molecule has 0 saturated heterocycles. The van der Waals surface area contributed by atoms with Crippen molar-refractivity contribution in [3.63, 3.8) is 0 Å². The van der Waals surface area contributed by atoms with Crippen molar-refractivity contribution in [1.29, 1.82) is 0 Å². The Balaban J connectivity index is 2.39. The molecule has 0 atom stereocenters. The molecule has 0 spiro atoms.